The SMILES string of the molecule is CNC(=O)CNC(=O)CCC1CCCNC1. The van der Waals surface area contributed by atoms with Crippen molar-refractivity contribution in [2.24, 2.45) is 5.92 Å². The maximum Gasteiger partial charge on any atom is 0.239 e. The molecule has 0 aromatic carbocycles. The van der Waals surface area contributed by atoms with E-state index in [1.807, 2.05) is 0 Å². The van der Waals surface area contributed by atoms with E-state index >= 15 is 0 Å². The Kier molecular flexibility index (Phi) is 5.85. The topological polar surface area (TPSA) is 70.2 Å². The number of hydrogen-bond acceptors (Lipinski definition) is 3. The number of piperidine rings is 1. The van der Waals surface area contributed by atoms with Crippen LogP contribution in [0.1, 0.15) is 25.7 Å². The molecule has 0 saturated carbocycles. The summed E-state index contributed by atoms with van der Waals surface area (Å²) in [5.41, 5.74) is 0. The monoisotopic (exact) mass is 227 g/mol. The largest absolute Gasteiger partial charge is 0.358 e. The van der Waals surface area contributed by atoms with Gasteiger partial charge in [0.1, 0.15) is 0 Å². The standard InChI is InChI=1S/C11H21N3O2/c1-12-11(16)8-14-10(15)5-4-9-3-2-6-13-7-9/h9,13H,2-8H2,1H3,(H,12,16)(H,14,15). The van der Waals surface area contributed by atoms with Crippen molar-refractivity contribution >= 4 is 11.8 Å². The van der Waals surface area contributed by atoms with Crippen molar-refractivity contribution in [3.8, 4) is 0 Å². The van der Waals surface area contributed by atoms with Gasteiger partial charge in [-0.1, -0.05) is 0 Å². The molecule has 1 aliphatic heterocycles. The molecule has 1 saturated heterocycles. The van der Waals surface area contributed by atoms with Crippen LogP contribution in [0.3, 0.4) is 0 Å². The lowest BCUT2D eigenvalue weighted by atomic mass is 9.94. The van der Waals surface area contributed by atoms with Crippen LogP contribution in [0.15, 0.2) is 0 Å². The van der Waals surface area contributed by atoms with Crippen LogP contribution in [0.5, 0.6) is 0 Å². The quantitative estimate of drug-likeness (QED) is 0.600. The van der Waals surface area contributed by atoms with Gasteiger partial charge in [0.25, 0.3) is 0 Å². The van der Waals surface area contributed by atoms with Gasteiger partial charge in [-0.3, -0.25) is 9.59 Å². The highest BCUT2D eigenvalue weighted by Gasteiger charge is 2.14. The smallest absolute Gasteiger partial charge is 0.239 e. The summed E-state index contributed by atoms with van der Waals surface area (Å²) < 4.78 is 0. The van der Waals surface area contributed by atoms with E-state index in [4.69, 9.17) is 0 Å². The molecule has 1 rings (SSSR count). The minimum Gasteiger partial charge on any atom is -0.358 e. The van der Waals surface area contributed by atoms with E-state index in [2.05, 4.69) is 16.0 Å². The van der Waals surface area contributed by atoms with Gasteiger partial charge in [-0.15, -0.1) is 0 Å². The Morgan fingerprint density at radius 2 is 2.19 bits per heavy atom. The molecule has 1 heterocycles. The number of hydrogen-bond donors (Lipinski definition) is 3. The molecule has 2 amide bonds. The predicted octanol–water partition coefficient (Wildman–Crippen LogP) is -0.372. The minimum atomic E-state index is -0.160. The minimum absolute atomic E-state index is 0.0332. The van der Waals surface area contributed by atoms with Gasteiger partial charge in [0.15, 0.2) is 0 Å². The van der Waals surface area contributed by atoms with E-state index in [0.717, 1.165) is 19.5 Å². The summed E-state index contributed by atoms with van der Waals surface area (Å²) in [7, 11) is 1.56. The summed E-state index contributed by atoms with van der Waals surface area (Å²) in [6.45, 7) is 2.19. The Balaban J connectivity index is 2.07. The molecular formula is C11H21N3O2. The van der Waals surface area contributed by atoms with Gasteiger partial charge >= 0.3 is 0 Å². The Morgan fingerprint density at radius 1 is 1.38 bits per heavy atom. The first-order chi connectivity index (χ1) is 7.72. The molecule has 16 heavy (non-hydrogen) atoms. The van der Waals surface area contributed by atoms with E-state index in [-0.39, 0.29) is 18.4 Å². The Labute approximate surface area is 96.4 Å². The summed E-state index contributed by atoms with van der Waals surface area (Å²) in [6.07, 6.45) is 3.83. The van der Waals surface area contributed by atoms with Crippen LogP contribution in [0.2, 0.25) is 0 Å². The van der Waals surface area contributed by atoms with Gasteiger partial charge in [-0.05, 0) is 38.3 Å². The van der Waals surface area contributed by atoms with Crippen molar-refractivity contribution in [1.82, 2.24) is 16.0 Å². The molecule has 0 spiro atoms. The van der Waals surface area contributed by atoms with Crippen LogP contribution in [-0.2, 0) is 9.59 Å². The third-order valence-corrected chi connectivity index (χ3v) is 2.90. The summed E-state index contributed by atoms with van der Waals surface area (Å²) in [5, 5.41) is 8.39. The lowest BCUT2D eigenvalue weighted by Gasteiger charge is -2.22. The van der Waals surface area contributed by atoms with Crippen LogP contribution in [-0.4, -0.2) is 38.5 Å². The summed E-state index contributed by atoms with van der Waals surface area (Å²) >= 11 is 0. The molecule has 1 fully saturated rings. The van der Waals surface area contributed by atoms with Crippen molar-refractivity contribution < 1.29 is 9.59 Å². The van der Waals surface area contributed by atoms with E-state index in [9.17, 15) is 9.59 Å². The van der Waals surface area contributed by atoms with Crippen molar-refractivity contribution in [2.75, 3.05) is 26.7 Å². The fraction of sp³-hybridized carbons (Fsp3) is 0.818. The summed E-state index contributed by atoms with van der Waals surface area (Å²) in [5.74, 6) is 0.418. The number of carbonyl (C=O) groups excluding carboxylic acids is 2. The van der Waals surface area contributed by atoms with Gasteiger partial charge in [-0.2, -0.15) is 0 Å². The number of amides is 2. The van der Waals surface area contributed by atoms with Gasteiger partial charge in [0, 0.05) is 13.5 Å². The number of carbonyl (C=O) groups is 2. The van der Waals surface area contributed by atoms with Crippen molar-refractivity contribution in [3.63, 3.8) is 0 Å². The second-order valence-electron chi connectivity index (χ2n) is 4.20. The molecule has 3 N–H and O–H groups in total. The second kappa shape index (κ2) is 7.22. The van der Waals surface area contributed by atoms with E-state index in [1.165, 1.54) is 12.8 Å². The van der Waals surface area contributed by atoms with E-state index in [0.29, 0.717) is 12.3 Å². The summed E-state index contributed by atoms with van der Waals surface area (Å²) in [6, 6.07) is 0. The molecule has 0 radical (unpaired) electrons. The molecule has 5 heteroatoms. The Morgan fingerprint density at radius 3 is 2.81 bits per heavy atom. The first kappa shape index (κ1) is 13.0. The van der Waals surface area contributed by atoms with E-state index < -0.39 is 0 Å². The van der Waals surface area contributed by atoms with Gasteiger partial charge in [-0.25, -0.2) is 0 Å². The van der Waals surface area contributed by atoms with Crippen LogP contribution < -0.4 is 16.0 Å². The third-order valence-electron chi connectivity index (χ3n) is 2.90. The Bertz CT molecular complexity index is 237. The lowest BCUT2D eigenvalue weighted by molar-refractivity contribution is -0.126. The maximum atomic E-state index is 11.4. The van der Waals surface area contributed by atoms with Gasteiger partial charge in [0.2, 0.25) is 11.8 Å². The maximum absolute atomic E-state index is 11.4. The molecule has 1 atom stereocenters. The first-order valence-electron chi connectivity index (χ1n) is 5.90. The number of rotatable bonds is 5. The Hall–Kier alpha value is -1.10. The molecular weight excluding hydrogens is 206 g/mol. The average molecular weight is 227 g/mol. The zero-order chi connectivity index (χ0) is 11.8. The third kappa shape index (κ3) is 5.11. The highest BCUT2D eigenvalue weighted by molar-refractivity contribution is 5.84. The highest BCUT2D eigenvalue weighted by atomic mass is 16.2. The molecule has 0 aliphatic carbocycles. The highest BCUT2D eigenvalue weighted by Crippen LogP contribution is 2.15. The number of nitrogens with one attached hydrogen (secondary N) is 3. The predicted molar refractivity (Wildman–Crippen MR) is 61.9 cm³/mol. The van der Waals surface area contributed by atoms with Gasteiger partial charge < -0.3 is 16.0 Å². The fourth-order valence-electron chi connectivity index (χ4n) is 1.86. The van der Waals surface area contributed by atoms with E-state index in [1.54, 1.807) is 7.05 Å². The molecule has 92 valence electrons. The van der Waals surface area contributed by atoms with Crippen LogP contribution in [0.25, 0.3) is 0 Å². The molecule has 5 nitrogen and oxygen atoms in total. The van der Waals surface area contributed by atoms with Crippen LogP contribution >= 0.6 is 0 Å². The normalized spacial score (nSPS) is 20.2. The van der Waals surface area contributed by atoms with Crippen molar-refractivity contribution in [1.29, 1.82) is 0 Å². The molecule has 0 aromatic heterocycles. The zero-order valence-corrected chi connectivity index (χ0v) is 9.84. The first-order valence-corrected chi connectivity index (χ1v) is 5.90. The average Bonchev–Trinajstić information content (AvgIpc) is 2.34. The zero-order valence-electron chi connectivity index (χ0n) is 9.84. The van der Waals surface area contributed by atoms with Crippen LogP contribution in [0, 0.1) is 5.92 Å². The van der Waals surface area contributed by atoms with Crippen LogP contribution in [0.4, 0.5) is 0 Å². The molecule has 0 bridgehead atoms. The van der Waals surface area contributed by atoms with Crippen molar-refractivity contribution in [3.05, 3.63) is 0 Å². The number of likely N-dealkylation sites (N-methyl/N-ethyl adjacent to an activating group) is 1. The summed E-state index contributed by atoms with van der Waals surface area (Å²) in [4.78, 5) is 22.3. The van der Waals surface area contributed by atoms with Gasteiger partial charge in [0.05, 0.1) is 6.54 Å². The second-order valence-corrected chi connectivity index (χ2v) is 4.20. The lowest BCUT2D eigenvalue weighted by Crippen LogP contribution is -2.36. The molecule has 0 aromatic rings. The molecule has 1 unspecified atom stereocenters. The van der Waals surface area contributed by atoms with Crippen molar-refractivity contribution in [2.45, 2.75) is 25.7 Å². The fourth-order valence-corrected chi connectivity index (χ4v) is 1.86. The molecule has 1 aliphatic rings.